The molecule has 0 heterocycles. The molecule has 19 heavy (non-hydrogen) atoms. The highest BCUT2D eigenvalue weighted by Crippen LogP contribution is 2.25. The van der Waals surface area contributed by atoms with Gasteiger partial charge in [0, 0.05) is 12.0 Å². The fourth-order valence-corrected chi connectivity index (χ4v) is 2.63. The largest absolute Gasteiger partial charge is 0.106 e. The predicted octanol–water partition coefficient (Wildman–Crippen LogP) is 4.25. The average Bonchev–Trinajstić information content (AvgIpc) is 2.44. The smallest absolute Gasteiger partial charge is 0.0251 e. The van der Waals surface area contributed by atoms with E-state index < -0.39 is 0 Å². The molecule has 0 fully saturated rings. The molecular formula is C18H15P. The lowest BCUT2D eigenvalue weighted by atomic mass is 10.0. The normalized spacial score (nSPS) is 10.4. The Balaban J connectivity index is 2.26. The van der Waals surface area contributed by atoms with Crippen LogP contribution < -0.4 is 5.30 Å². The first-order chi connectivity index (χ1) is 9.28. The first-order valence-electron chi connectivity index (χ1n) is 6.49. The monoisotopic (exact) mass is 262 g/mol. The van der Waals surface area contributed by atoms with E-state index in [0.29, 0.717) is 0 Å². The van der Waals surface area contributed by atoms with Crippen LogP contribution in [0.2, 0.25) is 0 Å². The van der Waals surface area contributed by atoms with Crippen molar-refractivity contribution in [2.45, 2.75) is 13.3 Å². The highest BCUT2D eigenvalue weighted by Gasteiger charge is 2.01. The first kappa shape index (κ1) is 12.2. The van der Waals surface area contributed by atoms with Crippen LogP contribution in [0.1, 0.15) is 18.9 Å². The van der Waals surface area contributed by atoms with Gasteiger partial charge in [-0.15, -0.1) is 9.24 Å². The molecule has 0 bridgehead atoms. The summed E-state index contributed by atoms with van der Waals surface area (Å²) in [5, 5.41) is 6.36. The van der Waals surface area contributed by atoms with Gasteiger partial charge in [-0.3, -0.25) is 0 Å². The molecule has 0 spiro atoms. The Kier molecular flexibility index (Phi) is 3.24. The minimum Gasteiger partial charge on any atom is -0.106 e. The van der Waals surface area contributed by atoms with E-state index in [0.717, 1.165) is 12.0 Å². The van der Waals surface area contributed by atoms with Gasteiger partial charge in [0.25, 0.3) is 0 Å². The van der Waals surface area contributed by atoms with Crippen molar-refractivity contribution in [3.05, 3.63) is 54.1 Å². The Bertz CT molecular complexity index is 819. The maximum absolute atomic E-state index is 3.19. The Morgan fingerprint density at radius 1 is 0.895 bits per heavy atom. The van der Waals surface area contributed by atoms with E-state index in [-0.39, 0.29) is 0 Å². The second-order valence-corrected chi connectivity index (χ2v) is 5.30. The summed E-state index contributed by atoms with van der Waals surface area (Å²) in [6.07, 6.45) is 0.896. The molecule has 3 aromatic rings. The number of benzene rings is 3. The van der Waals surface area contributed by atoms with Gasteiger partial charge >= 0.3 is 0 Å². The topological polar surface area (TPSA) is 0 Å². The van der Waals surface area contributed by atoms with E-state index in [4.69, 9.17) is 0 Å². The number of hydrogen-bond donors (Lipinski definition) is 0. The highest BCUT2D eigenvalue weighted by atomic mass is 31.0. The number of fused-ring (bicyclic) bond motifs is 3. The van der Waals surface area contributed by atoms with Crippen LogP contribution in [0, 0.1) is 11.8 Å². The Morgan fingerprint density at radius 3 is 2.32 bits per heavy atom. The van der Waals surface area contributed by atoms with Crippen molar-refractivity contribution in [1.29, 1.82) is 0 Å². The van der Waals surface area contributed by atoms with Crippen LogP contribution >= 0.6 is 9.24 Å². The van der Waals surface area contributed by atoms with Crippen LogP contribution in [0.25, 0.3) is 21.5 Å². The van der Waals surface area contributed by atoms with Crippen LogP contribution in [0.3, 0.4) is 0 Å². The van der Waals surface area contributed by atoms with E-state index in [2.05, 4.69) is 76.5 Å². The van der Waals surface area contributed by atoms with E-state index in [1.807, 2.05) is 0 Å². The van der Waals surface area contributed by atoms with Gasteiger partial charge in [0.05, 0.1) is 0 Å². The quantitative estimate of drug-likeness (QED) is 0.323. The van der Waals surface area contributed by atoms with E-state index in [1.54, 1.807) is 0 Å². The van der Waals surface area contributed by atoms with Crippen molar-refractivity contribution in [3.8, 4) is 11.8 Å². The minimum atomic E-state index is 0.896. The summed E-state index contributed by atoms with van der Waals surface area (Å²) >= 11 is 0. The molecule has 0 radical (unpaired) electrons. The lowest BCUT2D eigenvalue weighted by Crippen LogP contribution is -1.89. The Hall–Kier alpha value is -1.83. The zero-order valence-electron chi connectivity index (χ0n) is 10.9. The molecule has 92 valence electrons. The van der Waals surface area contributed by atoms with Crippen molar-refractivity contribution in [3.63, 3.8) is 0 Å². The summed E-state index contributed by atoms with van der Waals surface area (Å²) in [7, 11) is 2.75. The van der Waals surface area contributed by atoms with Gasteiger partial charge in [-0.1, -0.05) is 49.1 Å². The molecule has 1 unspecified atom stereocenters. The van der Waals surface area contributed by atoms with Gasteiger partial charge in [-0.05, 0) is 45.0 Å². The Morgan fingerprint density at radius 2 is 1.58 bits per heavy atom. The fourth-order valence-electron chi connectivity index (χ4n) is 2.36. The second-order valence-electron chi connectivity index (χ2n) is 4.64. The van der Waals surface area contributed by atoms with Crippen LogP contribution in [-0.2, 0) is 0 Å². The summed E-state index contributed by atoms with van der Waals surface area (Å²) < 4.78 is 0. The molecule has 0 aliphatic rings. The van der Waals surface area contributed by atoms with Gasteiger partial charge < -0.3 is 0 Å². The SMILES string of the molecule is CCC#Cc1ccc2c(ccc3cc(P)ccc32)c1. The van der Waals surface area contributed by atoms with Gasteiger partial charge in [0.1, 0.15) is 0 Å². The van der Waals surface area contributed by atoms with Gasteiger partial charge in [-0.2, -0.15) is 0 Å². The maximum Gasteiger partial charge on any atom is 0.0251 e. The average molecular weight is 262 g/mol. The lowest BCUT2D eigenvalue weighted by molar-refractivity contribution is 1.28. The molecule has 1 atom stereocenters. The van der Waals surface area contributed by atoms with E-state index in [9.17, 15) is 0 Å². The molecule has 0 aliphatic heterocycles. The zero-order valence-corrected chi connectivity index (χ0v) is 12.1. The van der Waals surface area contributed by atoms with Crippen LogP contribution in [0.4, 0.5) is 0 Å². The second kappa shape index (κ2) is 5.04. The predicted molar refractivity (Wildman–Crippen MR) is 88.0 cm³/mol. The molecule has 0 saturated carbocycles. The maximum atomic E-state index is 3.19. The first-order valence-corrected chi connectivity index (χ1v) is 7.06. The van der Waals surface area contributed by atoms with Crippen LogP contribution in [0.5, 0.6) is 0 Å². The summed E-state index contributed by atoms with van der Waals surface area (Å²) in [5.41, 5.74) is 1.09. The highest BCUT2D eigenvalue weighted by molar-refractivity contribution is 7.27. The molecule has 0 amide bonds. The molecular weight excluding hydrogens is 247 g/mol. The fraction of sp³-hybridized carbons (Fsp3) is 0.111. The summed E-state index contributed by atoms with van der Waals surface area (Å²) in [4.78, 5) is 0. The zero-order chi connectivity index (χ0) is 13.2. The van der Waals surface area contributed by atoms with Crippen molar-refractivity contribution >= 4 is 36.1 Å². The van der Waals surface area contributed by atoms with Crippen molar-refractivity contribution in [2.75, 3.05) is 0 Å². The number of rotatable bonds is 0. The van der Waals surface area contributed by atoms with Gasteiger partial charge in [0.2, 0.25) is 0 Å². The van der Waals surface area contributed by atoms with Crippen molar-refractivity contribution in [1.82, 2.24) is 0 Å². The van der Waals surface area contributed by atoms with Crippen molar-refractivity contribution < 1.29 is 0 Å². The van der Waals surface area contributed by atoms with Gasteiger partial charge in [-0.25, -0.2) is 0 Å². The molecule has 0 nitrogen and oxygen atoms in total. The summed E-state index contributed by atoms with van der Waals surface area (Å²) in [5.74, 6) is 6.31. The molecule has 3 aromatic carbocycles. The van der Waals surface area contributed by atoms with Crippen molar-refractivity contribution in [2.24, 2.45) is 0 Å². The number of hydrogen-bond acceptors (Lipinski definition) is 0. The third kappa shape index (κ3) is 2.35. The minimum absolute atomic E-state index is 0.896. The molecule has 0 saturated heterocycles. The van der Waals surface area contributed by atoms with E-state index >= 15 is 0 Å². The Labute approximate surface area is 116 Å². The third-order valence-corrected chi connectivity index (χ3v) is 3.63. The third-order valence-electron chi connectivity index (χ3n) is 3.27. The van der Waals surface area contributed by atoms with E-state index in [1.165, 1.54) is 26.8 Å². The summed E-state index contributed by atoms with van der Waals surface area (Å²) in [6, 6.07) is 17.4. The molecule has 3 rings (SSSR count). The lowest BCUT2D eigenvalue weighted by Gasteiger charge is -2.05. The molecule has 0 aliphatic carbocycles. The summed E-state index contributed by atoms with van der Waals surface area (Å²) in [6.45, 7) is 2.07. The molecule has 1 heteroatoms. The molecule has 0 N–H and O–H groups in total. The van der Waals surface area contributed by atoms with Gasteiger partial charge in [0.15, 0.2) is 0 Å². The van der Waals surface area contributed by atoms with Crippen LogP contribution in [-0.4, -0.2) is 0 Å². The van der Waals surface area contributed by atoms with Crippen LogP contribution in [0.15, 0.2) is 48.5 Å². The standard InChI is InChI=1S/C18H15P/c1-2-3-4-13-5-9-17-14(11-13)6-7-15-12-16(19)8-10-18(15)17/h5-12H,2,19H2,1H3. The molecule has 0 aromatic heterocycles.